The average Bonchev–Trinajstić information content (AvgIpc) is 2.29. The van der Waals surface area contributed by atoms with Gasteiger partial charge in [-0.05, 0) is 27.0 Å². The predicted octanol–water partition coefficient (Wildman–Crippen LogP) is 0.989. The number of aromatic nitrogens is 1. The average molecular weight is 234 g/mol. The van der Waals surface area contributed by atoms with Gasteiger partial charge in [-0.25, -0.2) is 4.98 Å². The smallest absolute Gasteiger partial charge is 0.133 e. The van der Waals surface area contributed by atoms with Crippen LogP contribution < -0.4 is 10.6 Å². The Kier molecular flexibility index (Phi) is 3.64. The van der Waals surface area contributed by atoms with E-state index in [1.807, 2.05) is 13.0 Å². The molecule has 0 spiro atoms. The van der Waals surface area contributed by atoms with Gasteiger partial charge >= 0.3 is 0 Å². The Morgan fingerprint density at radius 1 is 1.41 bits per heavy atom. The summed E-state index contributed by atoms with van der Waals surface area (Å²) >= 11 is 0. The molecule has 1 aromatic rings. The molecule has 1 fully saturated rings. The number of nitrogens with two attached hydrogens (primary N) is 1. The number of pyridine rings is 1. The number of piperazine rings is 1. The summed E-state index contributed by atoms with van der Waals surface area (Å²) in [6.07, 6.45) is 0. The van der Waals surface area contributed by atoms with Gasteiger partial charge in [-0.1, -0.05) is 6.07 Å². The fraction of sp³-hybridized carbons (Fsp3) is 0.615. The Morgan fingerprint density at radius 3 is 2.82 bits per heavy atom. The Bertz CT molecular complexity index is 391. The Morgan fingerprint density at radius 2 is 2.18 bits per heavy atom. The van der Waals surface area contributed by atoms with Crippen LogP contribution >= 0.6 is 0 Å². The van der Waals surface area contributed by atoms with Gasteiger partial charge < -0.3 is 15.5 Å². The zero-order chi connectivity index (χ0) is 12.4. The number of likely N-dealkylation sites (N-methyl/N-ethyl adjacent to an activating group) is 1. The molecule has 1 saturated heterocycles. The first-order valence-corrected chi connectivity index (χ1v) is 6.23. The maximum atomic E-state index is 5.80. The number of rotatable bonds is 2. The van der Waals surface area contributed by atoms with Crippen LogP contribution in [0.5, 0.6) is 0 Å². The van der Waals surface area contributed by atoms with Gasteiger partial charge in [-0.2, -0.15) is 0 Å². The van der Waals surface area contributed by atoms with E-state index < -0.39 is 0 Å². The molecule has 1 aliphatic heterocycles. The Labute approximate surface area is 103 Å². The molecule has 17 heavy (non-hydrogen) atoms. The highest BCUT2D eigenvalue weighted by Gasteiger charge is 2.24. The maximum absolute atomic E-state index is 5.80. The molecule has 94 valence electrons. The molecule has 1 aliphatic rings. The van der Waals surface area contributed by atoms with E-state index in [1.54, 1.807) is 0 Å². The third kappa shape index (κ3) is 2.58. The summed E-state index contributed by atoms with van der Waals surface area (Å²) in [5.41, 5.74) is 8.01. The first-order chi connectivity index (χ1) is 8.11. The van der Waals surface area contributed by atoms with E-state index in [9.17, 15) is 0 Å². The molecule has 0 radical (unpaired) electrons. The van der Waals surface area contributed by atoms with Gasteiger partial charge in [0.2, 0.25) is 0 Å². The minimum absolute atomic E-state index is 0.494. The highest BCUT2D eigenvalue weighted by Crippen LogP contribution is 2.22. The van der Waals surface area contributed by atoms with E-state index in [-0.39, 0.29) is 0 Å². The lowest BCUT2D eigenvalue weighted by Crippen LogP contribution is -2.51. The van der Waals surface area contributed by atoms with Crippen molar-refractivity contribution >= 4 is 5.82 Å². The molecule has 0 saturated carbocycles. The van der Waals surface area contributed by atoms with Crippen molar-refractivity contribution in [3.05, 3.63) is 23.4 Å². The van der Waals surface area contributed by atoms with Crippen molar-refractivity contribution < 1.29 is 0 Å². The van der Waals surface area contributed by atoms with Crippen LogP contribution in [-0.2, 0) is 6.54 Å². The second-order valence-corrected chi connectivity index (χ2v) is 4.94. The number of anilines is 1. The highest BCUT2D eigenvalue weighted by molar-refractivity contribution is 5.49. The van der Waals surface area contributed by atoms with E-state index in [4.69, 9.17) is 5.73 Å². The summed E-state index contributed by atoms with van der Waals surface area (Å²) in [6, 6.07) is 4.63. The summed E-state index contributed by atoms with van der Waals surface area (Å²) < 4.78 is 0. The number of hydrogen-bond donors (Lipinski definition) is 1. The van der Waals surface area contributed by atoms with E-state index in [2.05, 4.69) is 34.8 Å². The molecule has 2 heterocycles. The van der Waals surface area contributed by atoms with Crippen molar-refractivity contribution in [3.8, 4) is 0 Å². The quantitative estimate of drug-likeness (QED) is 0.829. The second kappa shape index (κ2) is 5.02. The zero-order valence-electron chi connectivity index (χ0n) is 11.0. The summed E-state index contributed by atoms with van der Waals surface area (Å²) in [4.78, 5) is 9.41. The van der Waals surface area contributed by atoms with E-state index in [0.29, 0.717) is 12.6 Å². The van der Waals surface area contributed by atoms with Crippen LogP contribution in [0.2, 0.25) is 0 Å². The summed E-state index contributed by atoms with van der Waals surface area (Å²) in [6.45, 7) is 8.04. The molecule has 2 rings (SSSR count). The van der Waals surface area contributed by atoms with E-state index in [1.165, 1.54) is 0 Å². The van der Waals surface area contributed by atoms with Crippen LogP contribution in [0.25, 0.3) is 0 Å². The molecule has 4 nitrogen and oxygen atoms in total. The standard InChI is InChI=1S/C13H22N4/c1-10-4-5-12(8-14)13(15-10)17-7-6-16(3)9-11(17)2/h4-5,11H,6-9,14H2,1-3H3. The van der Waals surface area contributed by atoms with Crippen molar-refractivity contribution in [2.24, 2.45) is 5.73 Å². The van der Waals surface area contributed by atoms with Crippen LogP contribution in [0.1, 0.15) is 18.2 Å². The van der Waals surface area contributed by atoms with Gasteiger partial charge in [0.05, 0.1) is 0 Å². The van der Waals surface area contributed by atoms with Crippen molar-refractivity contribution in [1.82, 2.24) is 9.88 Å². The van der Waals surface area contributed by atoms with Crippen LogP contribution in [0.15, 0.2) is 12.1 Å². The van der Waals surface area contributed by atoms with Gasteiger partial charge in [0.15, 0.2) is 0 Å². The maximum Gasteiger partial charge on any atom is 0.133 e. The van der Waals surface area contributed by atoms with Crippen LogP contribution in [-0.4, -0.2) is 42.6 Å². The molecule has 0 aromatic carbocycles. The third-order valence-corrected chi connectivity index (χ3v) is 3.42. The fourth-order valence-electron chi connectivity index (χ4n) is 2.43. The van der Waals surface area contributed by atoms with Crippen molar-refractivity contribution in [3.63, 3.8) is 0 Å². The van der Waals surface area contributed by atoms with Gasteiger partial charge in [-0.15, -0.1) is 0 Å². The number of aryl methyl sites for hydroxylation is 1. The molecule has 0 bridgehead atoms. The molecule has 1 unspecified atom stereocenters. The second-order valence-electron chi connectivity index (χ2n) is 4.94. The van der Waals surface area contributed by atoms with Crippen LogP contribution in [0.4, 0.5) is 5.82 Å². The molecule has 0 amide bonds. The van der Waals surface area contributed by atoms with Gasteiger partial charge in [0, 0.05) is 43.5 Å². The molecule has 1 atom stereocenters. The minimum Gasteiger partial charge on any atom is -0.351 e. The highest BCUT2D eigenvalue weighted by atomic mass is 15.3. The fourth-order valence-corrected chi connectivity index (χ4v) is 2.43. The first-order valence-electron chi connectivity index (χ1n) is 6.23. The molecule has 0 aliphatic carbocycles. The van der Waals surface area contributed by atoms with Crippen molar-refractivity contribution in [1.29, 1.82) is 0 Å². The van der Waals surface area contributed by atoms with Gasteiger partial charge in [0.1, 0.15) is 5.82 Å². The molecule has 4 heteroatoms. The largest absolute Gasteiger partial charge is 0.351 e. The van der Waals surface area contributed by atoms with E-state index >= 15 is 0 Å². The molecular weight excluding hydrogens is 212 g/mol. The minimum atomic E-state index is 0.494. The lowest BCUT2D eigenvalue weighted by molar-refractivity contribution is 0.274. The molecular formula is C13H22N4. The monoisotopic (exact) mass is 234 g/mol. The van der Waals surface area contributed by atoms with Crippen molar-refractivity contribution in [2.45, 2.75) is 26.4 Å². The lowest BCUT2D eigenvalue weighted by Gasteiger charge is -2.39. The van der Waals surface area contributed by atoms with Crippen LogP contribution in [0, 0.1) is 6.92 Å². The van der Waals surface area contributed by atoms with E-state index in [0.717, 1.165) is 36.7 Å². The predicted molar refractivity (Wildman–Crippen MR) is 71.2 cm³/mol. The van der Waals surface area contributed by atoms with Gasteiger partial charge in [-0.3, -0.25) is 0 Å². The summed E-state index contributed by atoms with van der Waals surface area (Å²) in [5, 5.41) is 0. The normalized spacial score (nSPS) is 21.9. The topological polar surface area (TPSA) is 45.4 Å². The lowest BCUT2D eigenvalue weighted by atomic mass is 10.1. The number of hydrogen-bond acceptors (Lipinski definition) is 4. The van der Waals surface area contributed by atoms with Crippen LogP contribution in [0.3, 0.4) is 0 Å². The third-order valence-electron chi connectivity index (χ3n) is 3.42. The molecule has 2 N–H and O–H groups in total. The summed E-state index contributed by atoms with van der Waals surface area (Å²) in [7, 11) is 2.17. The Hall–Kier alpha value is -1.13. The Balaban J connectivity index is 2.29. The van der Waals surface area contributed by atoms with Gasteiger partial charge in [0.25, 0.3) is 0 Å². The first kappa shape index (κ1) is 12.3. The SMILES string of the molecule is Cc1ccc(CN)c(N2CCN(C)CC2C)n1. The number of nitrogens with zero attached hydrogens (tertiary/aromatic N) is 3. The zero-order valence-corrected chi connectivity index (χ0v) is 11.0. The molecule has 1 aromatic heterocycles. The summed E-state index contributed by atoms with van der Waals surface area (Å²) in [5.74, 6) is 1.08. The van der Waals surface area contributed by atoms with Crippen molar-refractivity contribution in [2.75, 3.05) is 31.6 Å².